The highest BCUT2D eigenvalue weighted by atomic mass is 127. The second kappa shape index (κ2) is 4.96. The Hall–Kier alpha value is -0.320. The lowest BCUT2D eigenvalue weighted by Gasteiger charge is -2.16. The highest BCUT2D eigenvalue weighted by Gasteiger charge is 2.21. The van der Waals surface area contributed by atoms with Gasteiger partial charge in [0.1, 0.15) is 12.2 Å². The first-order chi connectivity index (χ1) is 6.36. The molecule has 0 radical (unpaired) electrons. The predicted octanol–water partition coefficient (Wildman–Crippen LogP) is -1.26. The Morgan fingerprint density at radius 3 is 2.86 bits per heavy atom. The van der Waals surface area contributed by atoms with E-state index >= 15 is 0 Å². The van der Waals surface area contributed by atoms with Crippen LogP contribution in [0, 0.1) is 0 Å². The Balaban J connectivity index is 0.000000980. The van der Waals surface area contributed by atoms with Crippen LogP contribution in [-0.4, -0.2) is 27.9 Å². The van der Waals surface area contributed by atoms with Crippen molar-refractivity contribution in [1.29, 1.82) is 0 Å². The number of likely N-dealkylation sites (N-methyl/N-ethyl adjacent to an activating group) is 1. The minimum absolute atomic E-state index is 0. The van der Waals surface area contributed by atoms with Crippen molar-refractivity contribution in [2.24, 2.45) is 0 Å². The van der Waals surface area contributed by atoms with E-state index in [1.165, 1.54) is 18.0 Å². The molecule has 2 heterocycles. The summed E-state index contributed by atoms with van der Waals surface area (Å²) >= 11 is 0. The molecule has 3 heteroatoms. The molecule has 2 rings (SSSR count). The first kappa shape index (κ1) is 11.8. The van der Waals surface area contributed by atoms with Gasteiger partial charge in [0.2, 0.25) is 0 Å². The first-order valence-corrected chi connectivity index (χ1v) is 5.13. The standard InChI is InChI=1S/C11H17N2.HI/c1-3-10-11-6-5-7-13(11)9-8-12(10)4-2;/h5-7H,3-4,8-9H2,1-2H3;1H/q+1;/p-1. The van der Waals surface area contributed by atoms with Crippen LogP contribution < -0.4 is 24.0 Å². The number of nitrogens with zero attached hydrogens (tertiary/aromatic N) is 2. The van der Waals surface area contributed by atoms with Gasteiger partial charge >= 0.3 is 0 Å². The fraction of sp³-hybridized carbons (Fsp3) is 0.545. The van der Waals surface area contributed by atoms with Crippen molar-refractivity contribution in [1.82, 2.24) is 4.57 Å². The average molecular weight is 304 g/mol. The Kier molecular flexibility index (Phi) is 4.16. The highest BCUT2D eigenvalue weighted by Crippen LogP contribution is 2.11. The fourth-order valence-electron chi connectivity index (χ4n) is 2.15. The van der Waals surface area contributed by atoms with E-state index in [-0.39, 0.29) is 24.0 Å². The molecule has 0 amide bonds. The molecule has 0 N–H and O–H groups in total. The Morgan fingerprint density at radius 2 is 2.21 bits per heavy atom. The Morgan fingerprint density at radius 1 is 1.43 bits per heavy atom. The van der Waals surface area contributed by atoms with Crippen LogP contribution in [0.5, 0.6) is 0 Å². The highest BCUT2D eigenvalue weighted by molar-refractivity contribution is 5.95. The largest absolute Gasteiger partial charge is 1.00 e. The zero-order valence-electron chi connectivity index (χ0n) is 8.83. The average Bonchev–Trinajstić information content (AvgIpc) is 2.63. The molecule has 1 aromatic heterocycles. The van der Waals surface area contributed by atoms with Gasteiger partial charge in [0.25, 0.3) is 0 Å². The molecule has 0 bridgehead atoms. The van der Waals surface area contributed by atoms with Gasteiger partial charge in [-0.05, 0) is 19.1 Å². The normalized spacial score (nSPS) is 15.0. The van der Waals surface area contributed by atoms with Crippen molar-refractivity contribution in [3.63, 3.8) is 0 Å². The summed E-state index contributed by atoms with van der Waals surface area (Å²) in [5.41, 5.74) is 2.91. The lowest BCUT2D eigenvalue weighted by Crippen LogP contribution is -3.00. The summed E-state index contributed by atoms with van der Waals surface area (Å²) < 4.78 is 4.83. The molecule has 2 nitrogen and oxygen atoms in total. The second-order valence-electron chi connectivity index (χ2n) is 3.47. The van der Waals surface area contributed by atoms with Gasteiger partial charge in [-0.25, -0.2) is 4.58 Å². The predicted molar refractivity (Wildman–Crippen MR) is 54.5 cm³/mol. The Labute approximate surface area is 103 Å². The molecule has 0 saturated carbocycles. The molecule has 0 fully saturated rings. The zero-order valence-corrected chi connectivity index (χ0v) is 11.0. The van der Waals surface area contributed by atoms with E-state index < -0.39 is 0 Å². The monoisotopic (exact) mass is 304 g/mol. The second-order valence-corrected chi connectivity index (χ2v) is 3.47. The van der Waals surface area contributed by atoms with Crippen LogP contribution in [-0.2, 0) is 6.54 Å². The molecule has 1 aromatic rings. The molecule has 1 aliphatic rings. The molecule has 0 aromatic carbocycles. The quantitative estimate of drug-likeness (QED) is 0.476. The molecule has 0 unspecified atom stereocenters. The number of halogens is 1. The van der Waals surface area contributed by atoms with Crippen LogP contribution >= 0.6 is 0 Å². The van der Waals surface area contributed by atoms with Gasteiger partial charge in [-0.3, -0.25) is 0 Å². The van der Waals surface area contributed by atoms with Crippen LogP contribution in [0.4, 0.5) is 0 Å². The minimum atomic E-state index is 0. The van der Waals surface area contributed by atoms with Crippen molar-refractivity contribution in [3.05, 3.63) is 24.0 Å². The Bertz CT molecular complexity index is 339. The van der Waals surface area contributed by atoms with E-state index in [1.54, 1.807) is 0 Å². The fourth-order valence-corrected chi connectivity index (χ4v) is 2.15. The summed E-state index contributed by atoms with van der Waals surface area (Å²) in [5, 5.41) is 0. The van der Waals surface area contributed by atoms with Crippen molar-refractivity contribution in [2.45, 2.75) is 26.8 Å². The third-order valence-corrected chi connectivity index (χ3v) is 2.83. The maximum atomic E-state index is 2.48. The van der Waals surface area contributed by atoms with Crippen LogP contribution in [0.3, 0.4) is 0 Å². The van der Waals surface area contributed by atoms with E-state index in [4.69, 9.17) is 0 Å². The maximum Gasteiger partial charge on any atom is 0.199 e. The van der Waals surface area contributed by atoms with E-state index in [0.29, 0.717) is 0 Å². The minimum Gasteiger partial charge on any atom is -1.00 e. The van der Waals surface area contributed by atoms with Gasteiger partial charge in [0.15, 0.2) is 12.3 Å². The van der Waals surface area contributed by atoms with Crippen LogP contribution in [0.1, 0.15) is 26.0 Å². The molecule has 78 valence electrons. The van der Waals surface area contributed by atoms with Gasteiger partial charge in [-0.15, -0.1) is 0 Å². The maximum absolute atomic E-state index is 2.48. The molecule has 0 spiro atoms. The lowest BCUT2D eigenvalue weighted by atomic mass is 10.1. The molecule has 1 aliphatic heterocycles. The number of fused-ring (bicyclic) bond motifs is 1. The zero-order chi connectivity index (χ0) is 9.26. The van der Waals surface area contributed by atoms with Gasteiger partial charge in [0.05, 0.1) is 6.54 Å². The van der Waals surface area contributed by atoms with Crippen molar-refractivity contribution in [3.8, 4) is 0 Å². The van der Waals surface area contributed by atoms with Gasteiger partial charge in [-0.1, -0.05) is 6.92 Å². The smallest absolute Gasteiger partial charge is 0.199 e. The van der Waals surface area contributed by atoms with Crippen molar-refractivity contribution in [2.75, 3.05) is 13.1 Å². The number of aromatic nitrogens is 1. The van der Waals surface area contributed by atoms with E-state index in [1.807, 2.05) is 0 Å². The van der Waals surface area contributed by atoms with E-state index in [9.17, 15) is 0 Å². The number of rotatable bonds is 2. The van der Waals surface area contributed by atoms with Crippen molar-refractivity contribution < 1.29 is 28.6 Å². The van der Waals surface area contributed by atoms with Crippen LogP contribution in [0.2, 0.25) is 0 Å². The van der Waals surface area contributed by atoms with Gasteiger partial charge in [-0.2, -0.15) is 0 Å². The summed E-state index contributed by atoms with van der Waals surface area (Å²) in [6, 6.07) is 4.37. The molecule has 14 heavy (non-hydrogen) atoms. The first-order valence-electron chi connectivity index (χ1n) is 5.13. The SMILES string of the molecule is CCC1=[N+](CC)CCn2cccc21.[I-]. The summed E-state index contributed by atoms with van der Waals surface area (Å²) in [5.74, 6) is 0. The summed E-state index contributed by atoms with van der Waals surface area (Å²) in [4.78, 5) is 0. The van der Waals surface area contributed by atoms with Crippen molar-refractivity contribution >= 4 is 5.71 Å². The number of hydrogen-bond donors (Lipinski definition) is 0. The van der Waals surface area contributed by atoms with Gasteiger partial charge in [0, 0.05) is 12.6 Å². The molecular formula is C11H17IN2. The number of hydrogen-bond acceptors (Lipinski definition) is 0. The lowest BCUT2D eigenvalue weighted by molar-refractivity contribution is -0.529. The summed E-state index contributed by atoms with van der Waals surface area (Å²) in [6.07, 6.45) is 3.32. The van der Waals surface area contributed by atoms with Crippen LogP contribution in [0.15, 0.2) is 18.3 Å². The van der Waals surface area contributed by atoms with E-state index in [0.717, 1.165) is 19.5 Å². The molecule has 0 saturated heterocycles. The molecule has 0 atom stereocenters. The van der Waals surface area contributed by atoms with Gasteiger partial charge < -0.3 is 28.5 Å². The summed E-state index contributed by atoms with van der Waals surface area (Å²) in [7, 11) is 0. The molecule has 0 aliphatic carbocycles. The van der Waals surface area contributed by atoms with Crippen LogP contribution in [0.25, 0.3) is 0 Å². The van der Waals surface area contributed by atoms with E-state index in [2.05, 4.69) is 41.3 Å². The molecular weight excluding hydrogens is 287 g/mol. The topological polar surface area (TPSA) is 7.94 Å². The third kappa shape index (κ3) is 1.87. The summed E-state index contributed by atoms with van der Waals surface area (Å²) in [6.45, 7) is 7.91. The third-order valence-electron chi connectivity index (χ3n) is 2.83.